The number of rotatable bonds is 9. The molecule has 11 nitrogen and oxygen atoms in total. The molecule has 0 spiro atoms. The summed E-state index contributed by atoms with van der Waals surface area (Å²) < 4.78 is 35.0. The van der Waals surface area contributed by atoms with Crippen molar-refractivity contribution in [2.45, 2.75) is 18.8 Å². The van der Waals surface area contributed by atoms with Crippen LogP contribution in [0, 0.1) is 6.92 Å². The average molecular weight is 588 g/mol. The van der Waals surface area contributed by atoms with E-state index >= 15 is 0 Å². The first kappa shape index (κ1) is 29.3. The normalized spacial score (nSPS) is 15.2. The van der Waals surface area contributed by atoms with Gasteiger partial charge in [0.05, 0.1) is 5.69 Å². The van der Waals surface area contributed by atoms with E-state index in [9.17, 15) is 17.8 Å². The summed E-state index contributed by atoms with van der Waals surface area (Å²) in [4.78, 5) is 30.7. The first-order chi connectivity index (χ1) is 20.2. The molecule has 218 valence electrons. The highest BCUT2D eigenvalue weighted by Crippen LogP contribution is 2.27. The van der Waals surface area contributed by atoms with Gasteiger partial charge in [-0.05, 0) is 67.1 Å². The molecule has 2 aromatic heterocycles. The molecule has 0 bridgehead atoms. The van der Waals surface area contributed by atoms with Crippen LogP contribution in [0.2, 0.25) is 0 Å². The number of nitrogens with zero attached hydrogens (tertiary/aromatic N) is 5. The number of hydrogen-bond donors (Lipinski definition) is 3. The van der Waals surface area contributed by atoms with Gasteiger partial charge < -0.3 is 15.5 Å². The largest absolute Gasteiger partial charge is 0.330 e. The molecule has 0 radical (unpaired) electrons. The molecule has 4 aromatic rings. The van der Waals surface area contributed by atoms with Crippen molar-refractivity contribution in [3.8, 4) is 11.3 Å². The molecule has 1 amide bonds. The summed E-state index contributed by atoms with van der Waals surface area (Å²) in [6.07, 6.45) is 4.97. The molecular formula is C30H33N7O4S. The molecule has 1 atom stereocenters. The maximum absolute atomic E-state index is 13.1. The van der Waals surface area contributed by atoms with Crippen LogP contribution in [0.5, 0.6) is 0 Å². The highest BCUT2D eigenvalue weighted by molar-refractivity contribution is 7.86. The number of pyridine rings is 1. The second-order valence-electron chi connectivity index (χ2n) is 10.4. The second-order valence-corrected chi connectivity index (χ2v) is 11.9. The van der Waals surface area contributed by atoms with Crippen molar-refractivity contribution in [2.75, 3.05) is 38.5 Å². The average Bonchev–Trinajstić information content (AvgIpc) is 2.99. The van der Waals surface area contributed by atoms with Gasteiger partial charge in [-0.15, -0.1) is 0 Å². The molecule has 42 heavy (non-hydrogen) atoms. The van der Waals surface area contributed by atoms with Crippen LogP contribution < -0.4 is 10.6 Å². The summed E-state index contributed by atoms with van der Waals surface area (Å²) in [5.41, 5.74) is 4.30. The van der Waals surface area contributed by atoms with Crippen LogP contribution in [-0.2, 0) is 16.7 Å². The molecule has 1 saturated heterocycles. The maximum Gasteiger partial charge on any atom is 0.290 e. The number of likely N-dealkylation sites (N-methyl/N-ethyl adjacent to an activating group) is 1. The Balaban J connectivity index is 1.31. The van der Waals surface area contributed by atoms with Crippen LogP contribution in [0.25, 0.3) is 11.3 Å². The minimum Gasteiger partial charge on any atom is -0.330 e. The van der Waals surface area contributed by atoms with Gasteiger partial charge in [-0.3, -0.25) is 19.2 Å². The second kappa shape index (κ2) is 12.7. The lowest BCUT2D eigenvalue weighted by molar-refractivity contribution is 0.0946. The SMILES string of the molecule is Cc1ccc(C(NC(=O)c2ccc(CN3CCN(C)CC3)cc2)S(=O)(=O)O)cc1Nc1nccc(-c2cccnc2)n1. The molecule has 2 aromatic carbocycles. The summed E-state index contributed by atoms with van der Waals surface area (Å²) in [7, 11) is -2.60. The third kappa shape index (κ3) is 7.34. The molecule has 12 heteroatoms. The Kier molecular flexibility index (Phi) is 8.88. The van der Waals surface area contributed by atoms with E-state index < -0.39 is 21.4 Å². The van der Waals surface area contributed by atoms with E-state index in [1.54, 1.807) is 55.0 Å². The predicted octanol–water partition coefficient (Wildman–Crippen LogP) is 3.65. The van der Waals surface area contributed by atoms with Crippen molar-refractivity contribution in [2.24, 2.45) is 0 Å². The number of anilines is 2. The van der Waals surface area contributed by atoms with Gasteiger partial charge in [0.2, 0.25) is 5.95 Å². The van der Waals surface area contributed by atoms with Crippen LogP contribution in [0.4, 0.5) is 11.6 Å². The van der Waals surface area contributed by atoms with Gasteiger partial charge in [0.15, 0.2) is 5.37 Å². The van der Waals surface area contributed by atoms with E-state index in [2.05, 4.69) is 42.4 Å². The van der Waals surface area contributed by atoms with E-state index in [1.165, 1.54) is 0 Å². The fraction of sp³-hybridized carbons (Fsp3) is 0.267. The summed E-state index contributed by atoms with van der Waals surface area (Å²) in [6.45, 7) is 6.59. The van der Waals surface area contributed by atoms with Gasteiger partial charge >= 0.3 is 0 Å². The molecule has 1 aliphatic rings. The Bertz CT molecular complexity index is 1640. The standard InChI is InChI=1S/C30H33N7O4S/c1-21-5-8-24(18-27(21)34-30-32-13-11-26(33-30)25-4-3-12-31-19-25)29(42(39,40)41)35-28(38)23-9-6-22(7-10-23)20-37-16-14-36(2)15-17-37/h3-13,18-19,29H,14-17,20H2,1-2H3,(H,35,38)(H,32,33,34)(H,39,40,41). The first-order valence-corrected chi connectivity index (χ1v) is 15.0. The smallest absolute Gasteiger partial charge is 0.290 e. The molecule has 0 saturated carbocycles. The predicted molar refractivity (Wildman–Crippen MR) is 161 cm³/mol. The Morgan fingerprint density at radius 3 is 2.48 bits per heavy atom. The zero-order chi connectivity index (χ0) is 29.7. The summed E-state index contributed by atoms with van der Waals surface area (Å²) >= 11 is 0. The number of benzene rings is 2. The van der Waals surface area contributed by atoms with Crippen LogP contribution in [0.15, 0.2) is 79.3 Å². The molecule has 3 heterocycles. The van der Waals surface area contributed by atoms with E-state index in [0.29, 0.717) is 17.3 Å². The van der Waals surface area contributed by atoms with Gasteiger partial charge in [-0.1, -0.05) is 24.3 Å². The lowest BCUT2D eigenvalue weighted by atomic mass is 10.1. The Hall–Kier alpha value is -4.23. The molecule has 3 N–H and O–H groups in total. The van der Waals surface area contributed by atoms with E-state index in [1.807, 2.05) is 31.2 Å². The molecule has 5 rings (SSSR count). The Morgan fingerprint density at radius 2 is 1.79 bits per heavy atom. The monoisotopic (exact) mass is 587 g/mol. The molecule has 1 unspecified atom stereocenters. The van der Waals surface area contributed by atoms with Gasteiger partial charge in [-0.25, -0.2) is 9.97 Å². The number of aryl methyl sites for hydroxylation is 1. The highest BCUT2D eigenvalue weighted by atomic mass is 32.2. The molecule has 0 aliphatic carbocycles. The van der Waals surface area contributed by atoms with Crippen molar-refractivity contribution < 1.29 is 17.8 Å². The van der Waals surface area contributed by atoms with E-state index in [-0.39, 0.29) is 11.1 Å². The van der Waals surface area contributed by atoms with Crippen molar-refractivity contribution in [1.29, 1.82) is 0 Å². The fourth-order valence-corrected chi connectivity index (χ4v) is 5.46. The number of carbonyl (C=O) groups is 1. The first-order valence-electron chi connectivity index (χ1n) is 13.5. The number of amides is 1. The Labute approximate surface area is 245 Å². The molecule has 1 aliphatic heterocycles. The number of aromatic nitrogens is 3. The third-order valence-corrected chi connectivity index (χ3v) is 8.19. The molecule has 1 fully saturated rings. The summed E-state index contributed by atoms with van der Waals surface area (Å²) in [6, 6.07) is 17.3. The number of hydrogen-bond acceptors (Lipinski definition) is 9. The van der Waals surface area contributed by atoms with Crippen molar-refractivity contribution in [3.05, 3.63) is 102 Å². The van der Waals surface area contributed by atoms with Crippen LogP contribution >= 0.6 is 0 Å². The van der Waals surface area contributed by atoms with Crippen molar-refractivity contribution >= 4 is 27.7 Å². The Morgan fingerprint density at radius 1 is 1.02 bits per heavy atom. The minimum atomic E-state index is -4.71. The van der Waals surface area contributed by atoms with E-state index in [0.717, 1.165) is 49.4 Å². The van der Waals surface area contributed by atoms with Crippen LogP contribution in [0.3, 0.4) is 0 Å². The quantitative estimate of drug-likeness (QED) is 0.249. The van der Waals surface area contributed by atoms with Crippen molar-refractivity contribution in [1.82, 2.24) is 30.1 Å². The fourth-order valence-electron chi connectivity index (χ4n) is 4.71. The zero-order valence-corrected chi connectivity index (χ0v) is 24.3. The lowest BCUT2D eigenvalue weighted by Gasteiger charge is -2.32. The van der Waals surface area contributed by atoms with Crippen molar-refractivity contribution in [3.63, 3.8) is 0 Å². The van der Waals surface area contributed by atoms with Crippen LogP contribution in [-0.4, -0.2) is 76.9 Å². The zero-order valence-electron chi connectivity index (χ0n) is 23.4. The third-order valence-electron chi connectivity index (χ3n) is 7.20. The van der Waals surface area contributed by atoms with Gasteiger partial charge in [0.1, 0.15) is 0 Å². The highest BCUT2D eigenvalue weighted by Gasteiger charge is 2.28. The topological polar surface area (TPSA) is 141 Å². The molecular weight excluding hydrogens is 554 g/mol. The number of nitrogens with one attached hydrogen (secondary N) is 2. The maximum atomic E-state index is 13.1. The van der Waals surface area contributed by atoms with E-state index in [4.69, 9.17) is 0 Å². The van der Waals surface area contributed by atoms with Gasteiger partial charge in [0, 0.05) is 68.1 Å². The number of carbonyl (C=O) groups excluding carboxylic acids is 1. The minimum absolute atomic E-state index is 0.175. The van der Waals surface area contributed by atoms with Gasteiger partial charge in [-0.2, -0.15) is 8.42 Å². The summed E-state index contributed by atoms with van der Waals surface area (Å²) in [5, 5.41) is 3.91. The summed E-state index contributed by atoms with van der Waals surface area (Å²) in [5.74, 6) is -0.327. The van der Waals surface area contributed by atoms with Gasteiger partial charge in [0.25, 0.3) is 16.0 Å². The lowest BCUT2D eigenvalue weighted by Crippen LogP contribution is -2.43. The van der Waals surface area contributed by atoms with Crippen LogP contribution in [0.1, 0.15) is 32.4 Å². The number of piperazine rings is 1.